The molecule has 3 atom stereocenters. The van der Waals surface area contributed by atoms with Crippen LogP contribution in [0.15, 0.2) is 60.7 Å². The summed E-state index contributed by atoms with van der Waals surface area (Å²) in [5.41, 5.74) is 4.28. The number of esters is 1. The molecule has 3 nitrogen and oxygen atoms in total. The SMILES string of the molecule is CC(C)COC(=O)c1ccc2c(c1)[C@H]1C=CC[C@H]1[C@H](c1ccccc1)N2. The Labute approximate surface area is 155 Å². The second kappa shape index (κ2) is 6.99. The van der Waals surface area contributed by atoms with E-state index in [0.29, 0.717) is 36.0 Å². The van der Waals surface area contributed by atoms with Gasteiger partial charge in [0.2, 0.25) is 0 Å². The minimum atomic E-state index is -0.231. The van der Waals surface area contributed by atoms with Crippen molar-refractivity contribution in [1.29, 1.82) is 0 Å². The van der Waals surface area contributed by atoms with Crippen LogP contribution in [0.25, 0.3) is 0 Å². The van der Waals surface area contributed by atoms with E-state index in [4.69, 9.17) is 4.74 Å². The number of rotatable bonds is 4. The van der Waals surface area contributed by atoms with Crippen molar-refractivity contribution in [2.75, 3.05) is 11.9 Å². The molecule has 0 radical (unpaired) electrons. The zero-order valence-corrected chi connectivity index (χ0v) is 15.3. The van der Waals surface area contributed by atoms with Crippen LogP contribution >= 0.6 is 0 Å². The molecule has 2 aliphatic rings. The molecule has 0 aromatic heterocycles. The Hall–Kier alpha value is -2.55. The fraction of sp³-hybridized carbons (Fsp3) is 0.348. The van der Waals surface area contributed by atoms with Crippen molar-refractivity contribution in [3.63, 3.8) is 0 Å². The van der Waals surface area contributed by atoms with Crippen LogP contribution in [0.2, 0.25) is 0 Å². The van der Waals surface area contributed by atoms with Gasteiger partial charge in [-0.1, -0.05) is 56.3 Å². The number of benzene rings is 2. The summed E-state index contributed by atoms with van der Waals surface area (Å²) in [5.74, 6) is 0.929. The van der Waals surface area contributed by atoms with Crippen LogP contribution in [0, 0.1) is 11.8 Å². The van der Waals surface area contributed by atoms with E-state index in [1.165, 1.54) is 11.1 Å². The van der Waals surface area contributed by atoms with Crippen molar-refractivity contribution in [3.05, 3.63) is 77.4 Å². The van der Waals surface area contributed by atoms with Crippen LogP contribution in [0.4, 0.5) is 5.69 Å². The third-order valence-corrected chi connectivity index (χ3v) is 5.30. The van der Waals surface area contributed by atoms with Gasteiger partial charge in [0, 0.05) is 11.6 Å². The van der Waals surface area contributed by atoms with Gasteiger partial charge in [0.25, 0.3) is 0 Å². The third kappa shape index (κ3) is 3.14. The lowest BCUT2D eigenvalue weighted by molar-refractivity contribution is 0.0459. The van der Waals surface area contributed by atoms with Gasteiger partial charge in [-0.3, -0.25) is 0 Å². The molecule has 1 aliphatic carbocycles. The van der Waals surface area contributed by atoms with Crippen LogP contribution in [-0.2, 0) is 4.74 Å². The minimum absolute atomic E-state index is 0.231. The molecule has 0 amide bonds. The molecule has 1 N–H and O–H groups in total. The fourth-order valence-corrected chi connectivity index (χ4v) is 4.04. The summed E-state index contributed by atoms with van der Waals surface area (Å²) in [6, 6.07) is 16.8. The molecule has 134 valence electrons. The van der Waals surface area contributed by atoms with Gasteiger partial charge in [-0.15, -0.1) is 0 Å². The van der Waals surface area contributed by atoms with Crippen LogP contribution in [0.5, 0.6) is 0 Å². The van der Waals surface area contributed by atoms with Gasteiger partial charge in [0.15, 0.2) is 0 Å². The summed E-state index contributed by atoms with van der Waals surface area (Å²) in [7, 11) is 0. The number of hydrogen-bond donors (Lipinski definition) is 1. The topological polar surface area (TPSA) is 38.3 Å². The summed E-state index contributed by atoms with van der Waals surface area (Å²) in [4.78, 5) is 12.4. The van der Waals surface area contributed by atoms with Gasteiger partial charge in [-0.2, -0.15) is 0 Å². The molecule has 2 aromatic carbocycles. The third-order valence-electron chi connectivity index (χ3n) is 5.30. The number of carbonyl (C=O) groups is 1. The Morgan fingerprint density at radius 2 is 2.00 bits per heavy atom. The Bertz CT molecular complexity index is 825. The van der Waals surface area contributed by atoms with E-state index in [1.807, 2.05) is 32.0 Å². The molecule has 0 saturated carbocycles. The molecule has 4 rings (SSSR count). The number of nitrogens with one attached hydrogen (secondary N) is 1. The molecule has 0 bridgehead atoms. The molecule has 0 unspecified atom stereocenters. The van der Waals surface area contributed by atoms with Crippen LogP contribution < -0.4 is 5.32 Å². The van der Waals surface area contributed by atoms with Crippen LogP contribution in [0.3, 0.4) is 0 Å². The van der Waals surface area contributed by atoms with E-state index in [0.717, 1.165) is 12.1 Å². The smallest absolute Gasteiger partial charge is 0.338 e. The molecule has 0 spiro atoms. The first-order valence-electron chi connectivity index (χ1n) is 9.42. The number of fused-ring (bicyclic) bond motifs is 3. The Morgan fingerprint density at radius 1 is 1.19 bits per heavy atom. The molecule has 0 saturated heterocycles. The monoisotopic (exact) mass is 347 g/mol. The highest BCUT2D eigenvalue weighted by molar-refractivity contribution is 5.90. The number of carbonyl (C=O) groups excluding carboxylic acids is 1. The predicted octanol–water partition coefficient (Wildman–Crippen LogP) is 5.33. The van der Waals surface area contributed by atoms with Gasteiger partial charge >= 0.3 is 5.97 Å². The van der Waals surface area contributed by atoms with E-state index in [2.05, 4.69) is 47.8 Å². The summed E-state index contributed by atoms with van der Waals surface area (Å²) in [5, 5.41) is 3.71. The predicted molar refractivity (Wildman–Crippen MR) is 104 cm³/mol. The average Bonchev–Trinajstić information content (AvgIpc) is 3.16. The first-order valence-corrected chi connectivity index (χ1v) is 9.42. The van der Waals surface area contributed by atoms with Crippen molar-refractivity contribution >= 4 is 11.7 Å². The summed E-state index contributed by atoms with van der Waals surface area (Å²) >= 11 is 0. The van der Waals surface area contributed by atoms with Gasteiger partial charge in [-0.05, 0) is 47.6 Å². The molecule has 1 aliphatic heterocycles. The highest BCUT2D eigenvalue weighted by Gasteiger charge is 2.38. The lowest BCUT2D eigenvalue weighted by Gasteiger charge is -2.37. The molecule has 0 fully saturated rings. The second-order valence-electron chi connectivity index (χ2n) is 7.68. The van der Waals surface area contributed by atoms with E-state index in [1.54, 1.807) is 0 Å². The van der Waals surface area contributed by atoms with E-state index in [9.17, 15) is 4.79 Å². The molecule has 3 heteroatoms. The lowest BCUT2D eigenvalue weighted by atomic mass is 9.76. The largest absolute Gasteiger partial charge is 0.462 e. The minimum Gasteiger partial charge on any atom is -0.462 e. The Balaban J connectivity index is 1.64. The zero-order valence-electron chi connectivity index (χ0n) is 15.3. The maximum atomic E-state index is 12.4. The molecule has 2 aromatic rings. The fourth-order valence-electron chi connectivity index (χ4n) is 4.04. The number of ether oxygens (including phenoxy) is 1. The van der Waals surface area contributed by atoms with Crippen molar-refractivity contribution in [3.8, 4) is 0 Å². The standard InChI is InChI=1S/C23H25NO2/c1-15(2)14-26-23(25)17-11-12-21-20(13-17)18-9-6-10-19(18)22(24-21)16-7-4-3-5-8-16/h3-9,11-13,15,18-19,22,24H,10,14H2,1-2H3/t18-,19+,22-/m0/s1. The highest BCUT2D eigenvalue weighted by Crippen LogP contribution is 2.49. The number of allylic oxidation sites excluding steroid dienone is 2. The summed E-state index contributed by atoms with van der Waals surface area (Å²) < 4.78 is 5.40. The Kier molecular flexibility index (Phi) is 4.54. The summed E-state index contributed by atoms with van der Waals surface area (Å²) in [6.45, 7) is 4.54. The highest BCUT2D eigenvalue weighted by atomic mass is 16.5. The quantitative estimate of drug-likeness (QED) is 0.600. The van der Waals surface area contributed by atoms with Crippen molar-refractivity contribution in [2.45, 2.75) is 32.2 Å². The molecular formula is C23H25NO2. The number of hydrogen-bond acceptors (Lipinski definition) is 3. The Morgan fingerprint density at radius 3 is 2.77 bits per heavy atom. The maximum absolute atomic E-state index is 12.4. The van der Waals surface area contributed by atoms with Gasteiger partial charge < -0.3 is 10.1 Å². The van der Waals surface area contributed by atoms with Crippen molar-refractivity contribution < 1.29 is 9.53 Å². The molecule has 26 heavy (non-hydrogen) atoms. The maximum Gasteiger partial charge on any atom is 0.338 e. The molecular weight excluding hydrogens is 322 g/mol. The second-order valence-corrected chi connectivity index (χ2v) is 7.68. The average molecular weight is 347 g/mol. The lowest BCUT2D eigenvalue weighted by Crippen LogP contribution is -2.29. The first-order chi connectivity index (χ1) is 12.6. The van der Waals surface area contributed by atoms with Crippen LogP contribution in [0.1, 0.15) is 53.7 Å². The first kappa shape index (κ1) is 16.9. The van der Waals surface area contributed by atoms with Gasteiger partial charge in [0.05, 0.1) is 18.2 Å². The van der Waals surface area contributed by atoms with E-state index >= 15 is 0 Å². The zero-order chi connectivity index (χ0) is 18.1. The van der Waals surface area contributed by atoms with Gasteiger partial charge in [-0.25, -0.2) is 4.79 Å². The van der Waals surface area contributed by atoms with E-state index in [-0.39, 0.29) is 5.97 Å². The van der Waals surface area contributed by atoms with Crippen molar-refractivity contribution in [2.24, 2.45) is 11.8 Å². The summed E-state index contributed by atoms with van der Waals surface area (Å²) in [6.07, 6.45) is 5.62. The van der Waals surface area contributed by atoms with Crippen molar-refractivity contribution in [1.82, 2.24) is 0 Å². The normalized spacial score (nSPS) is 23.3. The van der Waals surface area contributed by atoms with E-state index < -0.39 is 0 Å². The molecule has 1 heterocycles. The number of anilines is 1. The van der Waals surface area contributed by atoms with Crippen LogP contribution in [-0.4, -0.2) is 12.6 Å². The van der Waals surface area contributed by atoms with Gasteiger partial charge in [0.1, 0.15) is 0 Å².